The highest BCUT2D eigenvalue weighted by atomic mass is 16.3. The highest BCUT2D eigenvalue weighted by Gasteiger charge is 2.15. The van der Waals surface area contributed by atoms with Crippen LogP contribution in [0.2, 0.25) is 0 Å². The van der Waals surface area contributed by atoms with Crippen molar-refractivity contribution < 1.29 is 15.0 Å². The molecule has 100 valence electrons. The van der Waals surface area contributed by atoms with Crippen LogP contribution in [0, 0.1) is 0 Å². The van der Waals surface area contributed by atoms with Gasteiger partial charge in [0.05, 0.1) is 13.2 Å². The van der Waals surface area contributed by atoms with Crippen molar-refractivity contribution in [3.05, 3.63) is 23.9 Å². The van der Waals surface area contributed by atoms with Crippen molar-refractivity contribution in [1.82, 2.24) is 9.88 Å². The molecule has 0 aromatic carbocycles. The second kappa shape index (κ2) is 6.93. The van der Waals surface area contributed by atoms with Crippen LogP contribution in [0.15, 0.2) is 18.3 Å². The lowest BCUT2D eigenvalue weighted by molar-refractivity contribution is 0.0685. The number of amides is 1. The molecule has 0 spiro atoms. The molecule has 2 N–H and O–H groups in total. The molecule has 1 aromatic heterocycles. The number of pyridine rings is 1. The zero-order valence-electron chi connectivity index (χ0n) is 10.7. The fourth-order valence-corrected chi connectivity index (χ4v) is 1.53. The van der Waals surface area contributed by atoms with E-state index in [9.17, 15) is 4.79 Å². The zero-order chi connectivity index (χ0) is 13.5. The van der Waals surface area contributed by atoms with Gasteiger partial charge in [0.2, 0.25) is 0 Å². The first kappa shape index (κ1) is 14.4. The van der Waals surface area contributed by atoms with Crippen LogP contribution in [0.5, 0.6) is 0 Å². The van der Waals surface area contributed by atoms with E-state index >= 15 is 0 Å². The Morgan fingerprint density at radius 2 is 1.89 bits per heavy atom. The van der Waals surface area contributed by atoms with Crippen molar-refractivity contribution in [2.24, 2.45) is 0 Å². The summed E-state index contributed by atoms with van der Waals surface area (Å²) < 4.78 is 0. The summed E-state index contributed by atoms with van der Waals surface area (Å²) in [4.78, 5) is 19.5. The molecule has 0 unspecified atom stereocenters. The molecular formula is C12H19N3O3. The molecule has 0 radical (unpaired) electrons. The van der Waals surface area contributed by atoms with Crippen molar-refractivity contribution in [3.8, 4) is 0 Å². The predicted octanol–water partition coefficient (Wildman–Crippen LogP) is -0.426. The molecule has 0 bridgehead atoms. The van der Waals surface area contributed by atoms with Gasteiger partial charge in [-0.1, -0.05) is 0 Å². The summed E-state index contributed by atoms with van der Waals surface area (Å²) >= 11 is 0. The fraction of sp³-hybridized carbons (Fsp3) is 0.500. The average molecular weight is 253 g/mol. The normalized spacial score (nSPS) is 10.2. The maximum absolute atomic E-state index is 12.2. The zero-order valence-corrected chi connectivity index (χ0v) is 10.7. The second-order valence-corrected chi connectivity index (χ2v) is 4.04. The molecule has 6 nitrogen and oxygen atoms in total. The number of nitrogens with zero attached hydrogens (tertiary/aromatic N) is 3. The van der Waals surface area contributed by atoms with Crippen molar-refractivity contribution in [3.63, 3.8) is 0 Å². The van der Waals surface area contributed by atoms with E-state index in [1.807, 2.05) is 14.1 Å². The van der Waals surface area contributed by atoms with E-state index in [0.717, 1.165) is 0 Å². The summed E-state index contributed by atoms with van der Waals surface area (Å²) in [6, 6.07) is 3.31. The van der Waals surface area contributed by atoms with Crippen LogP contribution < -0.4 is 4.90 Å². The molecule has 0 aliphatic rings. The van der Waals surface area contributed by atoms with Crippen LogP contribution in [0.3, 0.4) is 0 Å². The lowest BCUT2D eigenvalue weighted by Gasteiger charge is -2.21. The molecule has 0 saturated carbocycles. The third-order valence-corrected chi connectivity index (χ3v) is 2.48. The first-order valence-corrected chi connectivity index (χ1v) is 5.74. The summed E-state index contributed by atoms with van der Waals surface area (Å²) in [6.45, 7) is 0.159. The van der Waals surface area contributed by atoms with Crippen LogP contribution in [-0.4, -0.2) is 66.4 Å². The summed E-state index contributed by atoms with van der Waals surface area (Å²) in [6.07, 6.45) is 1.57. The van der Waals surface area contributed by atoms with Gasteiger partial charge in [0.15, 0.2) is 0 Å². The Morgan fingerprint density at radius 1 is 1.28 bits per heavy atom. The van der Waals surface area contributed by atoms with Gasteiger partial charge in [0.1, 0.15) is 5.82 Å². The Kier molecular flexibility index (Phi) is 5.54. The fourth-order valence-electron chi connectivity index (χ4n) is 1.53. The van der Waals surface area contributed by atoms with Gasteiger partial charge in [-0.15, -0.1) is 0 Å². The van der Waals surface area contributed by atoms with Crippen LogP contribution in [-0.2, 0) is 0 Å². The minimum Gasteiger partial charge on any atom is -0.395 e. The van der Waals surface area contributed by atoms with Crippen molar-refractivity contribution >= 4 is 11.7 Å². The molecule has 1 amide bonds. The summed E-state index contributed by atoms with van der Waals surface area (Å²) in [7, 11) is 3.69. The smallest absolute Gasteiger partial charge is 0.254 e. The highest BCUT2D eigenvalue weighted by Crippen LogP contribution is 2.11. The van der Waals surface area contributed by atoms with Gasteiger partial charge < -0.3 is 20.0 Å². The van der Waals surface area contributed by atoms with E-state index in [0.29, 0.717) is 11.4 Å². The van der Waals surface area contributed by atoms with Crippen LogP contribution in [0.25, 0.3) is 0 Å². The number of carbonyl (C=O) groups is 1. The quantitative estimate of drug-likeness (QED) is 0.719. The van der Waals surface area contributed by atoms with Gasteiger partial charge in [-0.2, -0.15) is 0 Å². The molecule has 0 fully saturated rings. The number of rotatable bonds is 6. The molecule has 0 atom stereocenters. The summed E-state index contributed by atoms with van der Waals surface area (Å²) in [5, 5.41) is 17.8. The molecule has 0 saturated heterocycles. The van der Waals surface area contributed by atoms with Crippen molar-refractivity contribution in [1.29, 1.82) is 0 Å². The van der Waals surface area contributed by atoms with Gasteiger partial charge in [-0.25, -0.2) is 4.98 Å². The molecule has 18 heavy (non-hydrogen) atoms. The first-order chi connectivity index (χ1) is 8.60. The monoisotopic (exact) mass is 253 g/mol. The largest absolute Gasteiger partial charge is 0.395 e. The van der Waals surface area contributed by atoms with E-state index in [4.69, 9.17) is 10.2 Å². The molecule has 6 heteroatoms. The summed E-state index contributed by atoms with van der Waals surface area (Å²) in [5.41, 5.74) is 0.496. The van der Waals surface area contributed by atoms with Gasteiger partial charge >= 0.3 is 0 Å². The molecular weight excluding hydrogens is 234 g/mol. The van der Waals surface area contributed by atoms with E-state index in [-0.39, 0.29) is 32.2 Å². The van der Waals surface area contributed by atoms with E-state index < -0.39 is 0 Å². The number of hydrogen-bond acceptors (Lipinski definition) is 5. The number of anilines is 1. The maximum Gasteiger partial charge on any atom is 0.254 e. The maximum atomic E-state index is 12.2. The Morgan fingerprint density at radius 3 is 2.39 bits per heavy atom. The predicted molar refractivity (Wildman–Crippen MR) is 68.6 cm³/mol. The molecule has 1 heterocycles. The third-order valence-electron chi connectivity index (χ3n) is 2.48. The van der Waals surface area contributed by atoms with Gasteiger partial charge in [0, 0.05) is 38.9 Å². The molecule has 1 rings (SSSR count). The molecule has 0 aliphatic carbocycles. The van der Waals surface area contributed by atoms with E-state index in [1.54, 1.807) is 23.2 Å². The molecule has 1 aromatic rings. The van der Waals surface area contributed by atoms with Crippen LogP contribution in [0.4, 0.5) is 5.82 Å². The second-order valence-electron chi connectivity index (χ2n) is 4.04. The SMILES string of the molecule is CN(C)c1cc(C(=O)N(CCO)CCO)ccn1. The van der Waals surface area contributed by atoms with Crippen molar-refractivity contribution in [2.45, 2.75) is 0 Å². The number of aliphatic hydroxyl groups excluding tert-OH is 2. The third kappa shape index (κ3) is 3.68. The number of aliphatic hydroxyl groups is 2. The number of aromatic nitrogens is 1. The lowest BCUT2D eigenvalue weighted by atomic mass is 10.2. The molecule has 0 aliphatic heterocycles. The summed E-state index contributed by atoms with van der Waals surface area (Å²) in [5.74, 6) is 0.470. The van der Waals surface area contributed by atoms with Crippen LogP contribution in [0.1, 0.15) is 10.4 Å². The Hall–Kier alpha value is -1.66. The first-order valence-electron chi connectivity index (χ1n) is 5.74. The van der Waals surface area contributed by atoms with Gasteiger partial charge in [0.25, 0.3) is 5.91 Å². The van der Waals surface area contributed by atoms with E-state index in [2.05, 4.69) is 4.98 Å². The minimum atomic E-state index is -0.219. The van der Waals surface area contributed by atoms with Gasteiger partial charge in [-0.3, -0.25) is 4.79 Å². The van der Waals surface area contributed by atoms with E-state index in [1.165, 1.54) is 4.90 Å². The topological polar surface area (TPSA) is 76.9 Å². The van der Waals surface area contributed by atoms with Gasteiger partial charge in [-0.05, 0) is 12.1 Å². The number of carbonyl (C=O) groups excluding carboxylic acids is 1. The standard InChI is InChI=1S/C12H19N3O3/c1-14(2)11-9-10(3-4-13-11)12(18)15(5-7-16)6-8-17/h3-4,9,16-17H,5-8H2,1-2H3. The Labute approximate surface area is 106 Å². The Bertz CT molecular complexity index is 390. The Balaban J connectivity index is 2.90. The average Bonchev–Trinajstić information content (AvgIpc) is 2.38. The van der Waals surface area contributed by atoms with Crippen molar-refractivity contribution in [2.75, 3.05) is 45.3 Å². The lowest BCUT2D eigenvalue weighted by Crippen LogP contribution is -2.36. The highest BCUT2D eigenvalue weighted by molar-refractivity contribution is 5.94. The van der Waals surface area contributed by atoms with Crippen LogP contribution >= 0.6 is 0 Å². The minimum absolute atomic E-state index is 0.128. The number of hydrogen-bond donors (Lipinski definition) is 2.